The number of hydrogen-bond donors (Lipinski definition) is 2. The summed E-state index contributed by atoms with van der Waals surface area (Å²) in [5, 5.41) is 7.08. The molecule has 0 aliphatic heterocycles. The molecule has 0 radical (unpaired) electrons. The molecule has 1 aromatic heterocycles. The minimum absolute atomic E-state index is 0. The number of allylic oxidation sites excluding steroid dienone is 2. The lowest BCUT2D eigenvalue weighted by Crippen LogP contribution is -2.46. The minimum Gasteiger partial charge on any atom is -0.308 e. The molecule has 158 valence electrons. The SMILES string of the molecule is C.ONCl.[C-]#[N+]C1=C[C@]2(C)c3nc(-c4ccccc4)ncc3CC[C@H]2[C@H](CC)C1=O. The lowest BCUT2D eigenvalue weighted by Gasteiger charge is -2.46. The topological polar surface area (TPSA) is 79.5 Å². The third kappa shape index (κ3) is 4.15. The first-order chi connectivity index (χ1) is 14.0. The van der Waals surface area contributed by atoms with Crippen LogP contribution in [0.3, 0.4) is 0 Å². The zero-order chi connectivity index (χ0) is 21.0. The molecule has 0 spiro atoms. The molecule has 2 N–H and O–H groups in total. The Morgan fingerprint density at radius 2 is 2.03 bits per heavy atom. The lowest BCUT2D eigenvalue weighted by atomic mass is 9.57. The number of benzene rings is 1. The van der Waals surface area contributed by atoms with Gasteiger partial charge in [0.2, 0.25) is 5.70 Å². The van der Waals surface area contributed by atoms with Crippen molar-refractivity contribution < 1.29 is 10.0 Å². The third-order valence-corrected chi connectivity index (χ3v) is 5.97. The van der Waals surface area contributed by atoms with Crippen molar-refractivity contribution in [2.45, 2.75) is 46.0 Å². The summed E-state index contributed by atoms with van der Waals surface area (Å²) in [6.07, 6.45) is 6.38. The highest BCUT2D eigenvalue weighted by Gasteiger charge is 2.49. The van der Waals surface area contributed by atoms with Gasteiger partial charge in [-0.3, -0.25) is 0 Å². The van der Waals surface area contributed by atoms with Crippen molar-refractivity contribution >= 4 is 17.6 Å². The van der Waals surface area contributed by atoms with Crippen LogP contribution in [0.15, 0.2) is 48.3 Å². The van der Waals surface area contributed by atoms with E-state index in [0.717, 1.165) is 36.1 Å². The van der Waals surface area contributed by atoms with Gasteiger partial charge in [0.1, 0.15) is 0 Å². The molecule has 1 heterocycles. The fourth-order valence-electron chi connectivity index (χ4n) is 4.65. The monoisotopic (exact) mass is 426 g/mol. The summed E-state index contributed by atoms with van der Waals surface area (Å²) in [7, 11) is 0. The van der Waals surface area contributed by atoms with E-state index in [4.69, 9.17) is 16.8 Å². The van der Waals surface area contributed by atoms with E-state index in [2.05, 4.69) is 28.5 Å². The molecule has 0 saturated heterocycles. The second-order valence-electron chi connectivity index (χ2n) is 7.47. The van der Waals surface area contributed by atoms with Gasteiger partial charge in [0.05, 0.1) is 12.3 Å². The van der Waals surface area contributed by atoms with Crippen molar-refractivity contribution in [1.29, 1.82) is 0 Å². The fourth-order valence-corrected chi connectivity index (χ4v) is 4.65. The Balaban J connectivity index is 0.000000757. The fraction of sp³-hybridized carbons (Fsp3) is 0.391. The Kier molecular flexibility index (Phi) is 7.85. The average Bonchev–Trinajstić information content (AvgIpc) is 2.75. The molecule has 2 aromatic rings. The third-order valence-electron chi connectivity index (χ3n) is 5.97. The molecule has 1 aromatic carbocycles. The molecule has 7 heteroatoms. The van der Waals surface area contributed by atoms with Gasteiger partial charge in [0.25, 0.3) is 0 Å². The number of aryl methyl sites for hydroxylation is 1. The van der Waals surface area contributed by atoms with Gasteiger partial charge in [-0.25, -0.2) is 14.8 Å². The molecule has 0 amide bonds. The number of carbonyl (C=O) groups is 1. The Morgan fingerprint density at radius 3 is 2.63 bits per heavy atom. The van der Waals surface area contributed by atoms with Gasteiger partial charge in [-0.15, -0.1) is 5.00 Å². The van der Waals surface area contributed by atoms with E-state index in [9.17, 15) is 4.79 Å². The number of carbonyl (C=O) groups excluding carboxylic acids is 1. The van der Waals surface area contributed by atoms with Crippen LogP contribution in [0, 0.1) is 18.4 Å². The highest BCUT2D eigenvalue weighted by atomic mass is 35.5. The molecular formula is C23H27ClN4O2. The maximum atomic E-state index is 12.7. The highest BCUT2D eigenvalue weighted by Crippen LogP contribution is 2.50. The smallest absolute Gasteiger partial charge is 0.226 e. The summed E-state index contributed by atoms with van der Waals surface area (Å²) in [4.78, 5) is 26.9. The maximum absolute atomic E-state index is 12.7. The average molecular weight is 427 g/mol. The molecule has 0 saturated carbocycles. The Bertz CT molecular complexity index is 971. The normalized spacial score (nSPS) is 24.1. The summed E-state index contributed by atoms with van der Waals surface area (Å²) >= 11 is 4.30. The quantitative estimate of drug-likeness (QED) is 0.395. The van der Waals surface area contributed by atoms with Gasteiger partial charge in [-0.05, 0) is 30.7 Å². The second-order valence-corrected chi connectivity index (χ2v) is 7.64. The van der Waals surface area contributed by atoms with Crippen molar-refractivity contribution in [3.05, 3.63) is 71.0 Å². The Morgan fingerprint density at radius 1 is 1.37 bits per heavy atom. The standard InChI is InChI=1S/C22H21N3O.CH4.ClH2NO/c1-4-16-17-11-10-15-13-24-21(14-8-6-5-7-9-14)25-20(15)22(17,2)12-18(23-3)19(16)26;;1-2-3/h5-9,12-13,16-17H,4,10-11H2,1-2H3;1H4;2-3H/t16-,17-,22-;;/m0../s1. The molecule has 6 nitrogen and oxygen atoms in total. The van der Waals surface area contributed by atoms with Crippen LogP contribution in [0.1, 0.15) is 45.4 Å². The number of nitrogens with one attached hydrogen (secondary N) is 1. The number of ketones is 1. The molecule has 2 aliphatic rings. The highest BCUT2D eigenvalue weighted by molar-refractivity contribution is 6.12. The van der Waals surface area contributed by atoms with Crippen LogP contribution in [0.2, 0.25) is 0 Å². The van der Waals surface area contributed by atoms with Crippen LogP contribution in [0.5, 0.6) is 0 Å². The van der Waals surface area contributed by atoms with Gasteiger partial charge >= 0.3 is 0 Å². The van der Waals surface area contributed by atoms with Crippen LogP contribution in [0.25, 0.3) is 16.2 Å². The van der Waals surface area contributed by atoms with Crippen molar-refractivity contribution in [2.75, 3.05) is 0 Å². The van der Waals surface area contributed by atoms with E-state index < -0.39 is 5.41 Å². The number of rotatable bonds is 2. The largest absolute Gasteiger partial charge is 0.308 e. The number of halogens is 1. The van der Waals surface area contributed by atoms with E-state index >= 15 is 0 Å². The molecule has 0 fully saturated rings. The molecule has 0 unspecified atom stereocenters. The predicted molar refractivity (Wildman–Crippen MR) is 118 cm³/mol. The van der Waals surface area contributed by atoms with Gasteiger partial charge < -0.3 is 10.0 Å². The van der Waals surface area contributed by atoms with Crippen LogP contribution in [-0.4, -0.2) is 21.0 Å². The van der Waals surface area contributed by atoms with E-state index in [1.165, 1.54) is 5.00 Å². The number of fused-ring (bicyclic) bond motifs is 3. The summed E-state index contributed by atoms with van der Waals surface area (Å²) < 4.78 is 0. The Labute approximate surface area is 182 Å². The van der Waals surface area contributed by atoms with E-state index in [1.807, 2.05) is 49.5 Å². The molecular weight excluding hydrogens is 400 g/mol. The molecule has 2 aliphatic carbocycles. The van der Waals surface area contributed by atoms with Gasteiger partial charge in [-0.2, -0.15) is 0 Å². The van der Waals surface area contributed by atoms with Gasteiger partial charge in [0.15, 0.2) is 11.6 Å². The zero-order valence-electron chi connectivity index (χ0n) is 16.4. The van der Waals surface area contributed by atoms with Gasteiger partial charge in [-0.1, -0.05) is 57.7 Å². The van der Waals surface area contributed by atoms with Crippen LogP contribution < -0.4 is 5.00 Å². The van der Waals surface area contributed by atoms with E-state index in [1.54, 1.807) is 0 Å². The predicted octanol–water partition coefficient (Wildman–Crippen LogP) is 5.13. The van der Waals surface area contributed by atoms with Crippen molar-refractivity contribution in [3.8, 4) is 11.4 Å². The van der Waals surface area contributed by atoms with Crippen LogP contribution >= 0.6 is 11.8 Å². The Hall–Kier alpha value is -2.59. The van der Waals surface area contributed by atoms with Crippen molar-refractivity contribution in [2.24, 2.45) is 11.8 Å². The first kappa shape index (κ1) is 23.7. The number of aromatic nitrogens is 2. The summed E-state index contributed by atoms with van der Waals surface area (Å²) in [6, 6.07) is 9.94. The van der Waals surface area contributed by atoms with Crippen molar-refractivity contribution in [3.63, 3.8) is 0 Å². The van der Waals surface area contributed by atoms with Crippen LogP contribution in [-0.2, 0) is 16.6 Å². The number of hydrogen-bond acceptors (Lipinski definition) is 5. The molecule has 3 atom stereocenters. The summed E-state index contributed by atoms with van der Waals surface area (Å²) in [5.74, 6) is 0.800. The number of Topliss-reactive ketones (excluding diaryl/α,β-unsaturated/α-hetero) is 1. The van der Waals surface area contributed by atoms with Crippen molar-refractivity contribution in [1.82, 2.24) is 15.0 Å². The lowest BCUT2D eigenvalue weighted by molar-refractivity contribution is -0.122. The first-order valence-corrected chi connectivity index (χ1v) is 9.94. The van der Waals surface area contributed by atoms with Crippen LogP contribution in [0.4, 0.5) is 0 Å². The van der Waals surface area contributed by atoms with E-state index in [-0.39, 0.29) is 30.7 Å². The maximum Gasteiger partial charge on any atom is 0.226 e. The molecule has 30 heavy (non-hydrogen) atoms. The second kappa shape index (κ2) is 9.94. The molecule has 4 rings (SSSR count). The minimum atomic E-state index is -0.394. The summed E-state index contributed by atoms with van der Waals surface area (Å²) in [5.41, 5.74) is 2.97. The van der Waals surface area contributed by atoms with E-state index in [0.29, 0.717) is 5.82 Å². The molecule has 0 bridgehead atoms. The number of nitrogens with zero attached hydrogens (tertiary/aromatic N) is 3. The zero-order valence-corrected chi connectivity index (χ0v) is 17.1. The summed E-state index contributed by atoms with van der Waals surface area (Å²) in [6.45, 7) is 11.6. The van der Waals surface area contributed by atoms with Gasteiger partial charge in [0, 0.05) is 34.9 Å². The first-order valence-electron chi connectivity index (χ1n) is 9.56.